The number of anilines is 1. The van der Waals surface area contributed by atoms with E-state index in [9.17, 15) is 13.6 Å². The smallest absolute Gasteiger partial charge is 0.387 e. The highest BCUT2D eigenvalue weighted by Gasteiger charge is 2.13. The Bertz CT molecular complexity index is 840. The zero-order chi connectivity index (χ0) is 16.9. The van der Waals surface area contributed by atoms with Gasteiger partial charge in [-0.15, -0.1) is 11.3 Å². The molecular formula is C16H13F2N3O2S. The molecule has 0 aliphatic carbocycles. The summed E-state index contributed by atoms with van der Waals surface area (Å²) < 4.78 is 29.4. The number of hydrogen-bond donors (Lipinski definition) is 1. The van der Waals surface area contributed by atoms with Gasteiger partial charge in [-0.2, -0.15) is 8.78 Å². The summed E-state index contributed by atoms with van der Waals surface area (Å²) in [6.07, 6.45) is 2.33. The number of alkyl halides is 2. The summed E-state index contributed by atoms with van der Waals surface area (Å²) in [7, 11) is 0. The topological polar surface area (TPSA) is 64.1 Å². The Hall–Kier alpha value is -2.61. The molecule has 3 aromatic rings. The first-order valence-corrected chi connectivity index (χ1v) is 8.07. The lowest BCUT2D eigenvalue weighted by molar-refractivity contribution is -0.116. The summed E-state index contributed by atoms with van der Waals surface area (Å²) in [6.45, 7) is -2.92. The number of aryl methyl sites for hydroxylation is 1. The second-order valence-electron chi connectivity index (χ2n) is 4.92. The molecule has 2 aromatic heterocycles. The Labute approximate surface area is 140 Å². The van der Waals surface area contributed by atoms with E-state index in [0.29, 0.717) is 23.0 Å². The Kier molecular flexibility index (Phi) is 4.95. The summed E-state index contributed by atoms with van der Waals surface area (Å²) in [4.78, 5) is 20.4. The molecule has 8 heteroatoms. The number of carbonyl (C=O) groups is 1. The van der Waals surface area contributed by atoms with Gasteiger partial charge in [0.15, 0.2) is 0 Å². The van der Waals surface area contributed by atoms with Crippen LogP contribution in [-0.4, -0.2) is 22.5 Å². The third kappa shape index (κ3) is 3.83. The fraction of sp³-hybridized carbons (Fsp3) is 0.188. The number of hydrogen-bond acceptors (Lipinski definition) is 5. The van der Waals surface area contributed by atoms with Crippen molar-refractivity contribution in [3.05, 3.63) is 47.0 Å². The van der Waals surface area contributed by atoms with Crippen LogP contribution in [0, 0.1) is 0 Å². The summed E-state index contributed by atoms with van der Waals surface area (Å²) in [5.41, 5.74) is 3.43. The number of amides is 1. The maximum absolute atomic E-state index is 12.5. The number of aromatic nitrogens is 2. The molecule has 0 radical (unpaired) electrons. The Balaban J connectivity index is 1.78. The number of nitrogens with zero attached hydrogens (tertiary/aromatic N) is 2. The molecule has 0 saturated heterocycles. The van der Waals surface area contributed by atoms with Gasteiger partial charge >= 0.3 is 6.61 Å². The average Bonchev–Trinajstić information content (AvgIpc) is 3.08. The Morgan fingerprint density at radius 1 is 1.29 bits per heavy atom. The van der Waals surface area contributed by atoms with Crippen LogP contribution in [0.5, 0.6) is 5.75 Å². The molecule has 0 fully saturated rings. The van der Waals surface area contributed by atoms with Crippen LogP contribution < -0.4 is 10.1 Å². The third-order valence-corrected chi connectivity index (χ3v) is 3.95. The third-order valence-electron chi connectivity index (χ3n) is 3.31. The van der Waals surface area contributed by atoms with Crippen LogP contribution in [-0.2, 0) is 11.2 Å². The van der Waals surface area contributed by atoms with Crippen molar-refractivity contribution in [3.8, 4) is 5.75 Å². The largest absolute Gasteiger partial charge is 0.434 e. The van der Waals surface area contributed by atoms with E-state index in [2.05, 4.69) is 20.0 Å². The monoisotopic (exact) mass is 349 g/mol. The van der Waals surface area contributed by atoms with Gasteiger partial charge in [0, 0.05) is 23.4 Å². The van der Waals surface area contributed by atoms with Gasteiger partial charge in [0.2, 0.25) is 5.91 Å². The number of nitrogens with one attached hydrogen (secondary N) is 1. The van der Waals surface area contributed by atoms with Crippen LogP contribution in [0.4, 0.5) is 14.5 Å². The van der Waals surface area contributed by atoms with Gasteiger partial charge in [0.25, 0.3) is 0 Å². The highest BCUT2D eigenvalue weighted by atomic mass is 32.1. The van der Waals surface area contributed by atoms with Crippen molar-refractivity contribution in [2.45, 2.75) is 19.5 Å². The number of ether oxygens (including phenoxy) is 1. The quantitative estimate of drug-likeness (QED) is 0.734. The Morgan fingerprint density at radius 2 is 2.17 bits per heavy atom. The van der Waals surface area contributed by atoms with E-state index >= 15 is 0 Å². The van der Waals surface area contributed by atoms with Crippen molar-refractivity contribution in [3.63, 3.8) is 0 Å². The van der Waals surface area contributed by atoms with E-state index < -0.39 is 6.61 Å². The number of halogens is 2. The van der Waals surface area contributed by atoms with Crippen molar-refractivity contribution < 1.29 is 18.3 Å². The van der Waals surface area contributed by atoms with Gasteiger partial charge in [-0.3, -0.25) is 9.78 Å². The molecule has 0 saturated carbocycles. The molecule has 0 bridgehead atoms. The van der Waals surface area contributed by atoms with Crippen molar-refractivity contribution in [1.82, 2.24) is 9.97 Å². The molecular weight excluding hydrogens is 336 g/mol. The van der Waals surface area contributed by atoms with Crippen LogP contribution in [0.3, 0.4) is 0 Å². The lowest BCUT2D eigenvalue weighted by Crippen LogP contribution is -2.13. The number of benzene rings is 1. The van der Waals surface area contributed by atoms with E-state index in [-0.39, 0.29) is 18.1 Å². The molecule has 0 unspecified atom stereocenters. The number of rotatable bonds is 6. The first-order valence-electron chi connectivity index (χ1n) is 7.13. The van der Waals surface area contributed by atoms with Crippen LogP contribution in [0.15, 0.2) is 41.4 Å². The molecule has 24 heavy (non-hydrogen) atoms. The second kappa shape index (κ2) is 7.31. The molecule has 1 N–H and O–H groups in total. The fourth-order valence-corrected chi connectivity index (χ4v) is 2.85. The van der Waals surface area contributed by atoms with Crippen LogP contribution in [0.2, 0.25) is 0 Å². The highest BCUT2D eigenvalue weighted by Crippen LogP contribution is 2.31. The number of thiazole rings is 1. The SMILES string of the molecule is O=C(CCc1cscn1)Nc1ccc(OC(F)F)c2cccnc12. The van der Waals surface area contributed by atoms with Crippen molar-refractivity contribution >= 4 is 33.8 Å². The molecule has 0 spiro atoms. The van der Waals surface area contributed by atoms with E-state index in [0.717, 1.165) is 5.69 Å². The van der Waals surface area contributed by atoms with E-state index in [1.807, 2.05) is 5.38 Å². The molecule has 1 aromatic carbocycles. The summed E-state index contributed by atoms with van der Waals surface area (Å²) in [5, 5.41) is 5.06. The minimum Gasteiger partial charge on any atom is -0.434 e. The predicted octanol–water partition coefficient (Wildman–Crippen LogP) is 3.86. The van der Waals surface area contributed by atoms with Gasteiger partial charge in [0.1, 0.15) is 5.75 Å². The van der Waals surface area contributed by atoms with E-state index in [1.54, 1.807) is 17.6 Å². The highest BCUT2D eigenvalue weighted by molar-refractivity contribution is 7.07. The van der Waals surface area contributed by atoms with Crippen LogP contribution >= 0.6 is 11.3 Å². The van der Waals surface area contributed by atoms with Crippen LogP contribution in [0.1, 0.15) is 12.1 Å². The molecule has 124 valence electrons. The van der Waals surface area contributed by atoms with E-state index in [1.165, 1.54) is 29.7 Å². The number of pyridine rings is 1. The van der Waals surface area contributed by atoms with Gasteiger partial charge in [-0.05, 0) is 30.7 Å². The molecule has 0 atom stereocenters. The summed E-state index contributed by atoms with van der Waals surface area (Å²) in [5.74, 6) is -0.175. The van der Waals surface area contributed by atoms with Gasteiger partial charge in [-0.1, -0.05) is 0 Å². The normalized spacial score (nSPS) is 11.0. The molecule has 5 nitrogen and oxygen atoms in total. The lowest BCUT2D eigenvalue weighted by atomic mass is 10.1. The maximum atomic E-state index is 12.5. The predicted molar refractivity (Wildman–Crippen MR) is 87.4 cm³/mol. The maximum Gasteiger partial charge on any atom is 0.387 e. The average molecular weight is 349 g/mol. The summed E-state index contributed by atoms with van der Waals surface area (Å²) >= 11 is 1.48. The zero-order valence-electron chi connectivity index (χ0n) is 12.4. The minimum atomic E-state index is -2.92. The molecule has 2 heterocycles. The summed E-state index contributed by atoms with van der Waals surface area (Å²) in [6, 6.07) is 6.14. The number of carbonyl (C=O) groups excluding carboxylic acids is 1. The van der Waals surface area contributed by atoms with Crippen LogP contribution in [0.25, 0.3) is 10.9 Å². The molecule has 3 rings (SSSR count). The molecule has 0 aliphatic rings. The number of fused-ring (bicyclic) bond motifs is 1. The van der Waals surface area contributed by atoms with Gasteiger partial charge < -0.3 is 10.1 Å². The fourth-order valence-electron chi connectivity index (χ4n) is 2.26. The Morgan fingerprint density at radius 3 is 2.92 bits per heavy atom. The van der Waals surface area contributed by atoms with Gasteiger partial charge in [0.05, 0.1) is 22.4 Å². The lowest BCUT2D eigenvalue weighted by Gasteiger charge is -2.12. The van der Waals surface area contributed by atoms with Crippen molar-refractivity contribution in [1.29, 1.82) is 0 Å². The van der Waals surface area contributed by atoms with Crippen molar-refractivity contribution in [2.24, 2.45) is 0 Å². The standard InChI is InChI=1S/C16H13F2N3O2S/c17-16(18)23-13-5-4-12(15-11(13)2-1-7-19-15)21-14(22)6-3-10-8-24-9-20-10/h1-2,4-5,7-9,16H,3,6H2,(H,21,22). The van der Waals surface area contributed by atoms with Crippen molar-refractivity contribution in [2.75, 3.05) is 5.32 Å². The van der Waals surface area contributed by atoms with E-state index in [4.69, 9.17) is 0 Å². The first kappa shape index (κ1) is 16.3. The molecule has 1 amide bonds. The minimum absolute atomic E-state index is 0.0218. The zero-order valence-corrected chi connectivity index (χ0v) is 13.2. The molecule has 0 aliphatic heterocycles. The first-order chi connectivity index (χ1) is 11.6. The second-order valence-corrected chi connectivity index (χ2v) is 5.64. The van der Waals surface area contributed by atoms with Gasteiger partial charge in [-0.25, -0.2) is 4.98 Å².